The summed E-state index contributed by atoms with van der Waals surface area (Å²) >= 11 is 0. The van der Waals surface area contributed by atoms with Crippen LogP contribution in [0.4, 0.5) is 17.1 Å². The van der Waals surface area contributed by atoms with Gasteiger partial charge in [0.15, 0.2) is 5.69 Å². The first kappa shape index (κ1) is 23.0. The van der Waals surface area contributed by atoms with Gasteiger partial charge in [-0.2, -0.15) is 0 Å². The maximum absolute atomic E-state index is 13.1. The Morgan fingerprint density at radius 3 is 2.47 bits per heavy atom. The molecule has 10 heteroatoms. The molecule has 1 saturated carbocycles. The molecule has 0 bridgehead atoms. The molecule has 176 valence electrons. The number of ether oxygens (including phenoxy) is 1. The highest BCUT2D eigenvalue weighted by Crippen LogP contribution is 2.32. The van der Waals surface area contributed by atoms with Gasteiger partial charge in [0.1, 0.15) is 5.58 Å². The summed E-state index contributed by atoms with van der Waals surface area (Å²) in [5.41, 5.74) is -0.847. The van der Waals surface area contributed by atoms with Crippen LogP contribution in [0.25, 0.3) is 11.0 Å². The quantitative estimate of drug-likeness (QED) is 0.235. The van der Waals surface area contributed by atoms with Crippen molar-refractivity contribution in [3.8, 4) is 0 Å². The van der Waals surface area contributed by atoms with E-state index >= 15 is 0 Å². The van der Waals surface area contributed by atoms with E-state index in [1.54, 1.807) is 24.3 Å². The van der Waals surface area contributed by atoms with E-state index in [0.717, 1.165) is 51.3 Å². The Bertz CT molecular complexity index is 1330. The van der Waals surface area contributed by atoms with Crippen LogP contribution >= 0.6 is 0 Å². The van der Waals surface area contributed by atoms with Gasteiger partial charge in [-0.05, 0) is 31.0 Å². The standard InChI is InChI=1S/C24H23N3O7/c1-33-23(29)15-11-14(12-17(13-15)27(31)32)22(28)26-21-20(25-16-7-3-2-4-8-16)18-9-5-6-10-19(18)34-24(21)30/h5-6,9-13,16,25H,2-4,7-8H2,1H3,(H,26,28). The van der Waals surface area contributed by atoms with E-state index in [0.29, 0.717) is 16.7 Å². The predicted octanol–water partition coefficient (Wildman–Crippen LogP) is 4.48. The van der Waals surface area contributed by atoms with Gasteiger partial charge >= 0.3 is 11.6 Å². The zero-order valence-electron chi connectivity index (χ0n) is 18.5. The molecule has 1 aliphatic carbocycles. The SMILES string of the molecule is COC(=O)c1cc(C(=O)Nc2c(NC3CCCCC3)c3ccccc3oc2=O)cc([N+](=O)[O-])c1. The second-order valence-corrected chi connectivity index (χ2v) is 8.09. The summed E-state index contributed by atoms with van der Waals surface area (Å²) in [5.74, 6) is -1.63. The normalized spacial score (nSPS) is 13.9. The van der Waals surface area contributed by atoms with Crippen molar-refractivity contribution in [3.05, 3.63) is 74.1 Å². The van der Waals surface area contributed by atoms with Crippen LogP contribution in [0.3, 0.4) is 0 Å². The Morgan fingerprint density at radius 1 is 1.06 bits per heavy atom. The lowest BCUT2D eigenvalue weighted by Crippen LogP contribution is -2.26. The minimum atomic E-state index is -0.831. The Hall–Kier alpha value is -4.21. The lowest BCUT2D eigenvalue weighted by atomic mass is 9.95. The van der Waals surface area contributed by atoms with Crippen LogP contribution in [0.15, 0.2) is 51.7 Å². The second kappa shape index (κ2) is 9.74. The Balaban J connectivity index is 1.76. The van der Waals surface area contributed by atoms with Crippen molar-refractivity contribution in [2.45, 2.75) is 38.1 Å². The van der Waals surface area contributed by atoms with Crippen LogP contribution in [0.1, 0.15) is 52.8 Å². The molecule has 4 rings (SSSR count). The summed E-state index contributed by atoms with van der Waals surface area (Å²) in [7, 11) is 1.13. The molecule has 3 aromatic rings. The molecular weight excluding hydrogens is 442 g/mol. The number of esters is 1. The number of nitro groups is 1. The number of carbonyl (C=O) groups is 2. The average Bonchev–Trinajstić information content (AvgIpc) is 2.85. The Labute approximate surface area is 194 Å². The van der Waals surface area contributed by atoms with Crippen LogP contribution in [0.2, 0.25) is 0 Å². The van der Waals surface area contributed by atoms with Gasteiger partial charge in [-0.15, -0.1) is 0 Å². The van der Waals surface area contributed by atoms with Crippen LogP contribution < -0.4 is 16.3 Å². The molecule has 0 unspecified atom stereocenters. The second-order valence-electron chi connectivity index (χ2n) is 8.09. The molecule has 1 aromatic heterocycles. The van der Waals surface area contributed by atoms with Crippen molar-refractivity contribution in [3.63, 3.8) is 0 Å². The monoisotopic (exact) mass is 465 g/mol. The van der Waals surface area contributed by atoms with Gasteiger partial charge < -0.3 is 19.8 Å². The fourth-order valence-corrected chi connectivity index (χ4v) is 4.13. The minimum absolute atomic E-state index is 0.0969. The highest BCUT2D eigenvalue weighted by molar-refractivity contribution is 6.09. The van der Waals surface area contributed by atoms with Crippen molar-refractivity contribution < 1.29 is 23.7 Å². The highest BCUT2D eigenvalue weighted by Gasteiger charge is 2.23. The van der Waals surface area contributed by atoms with E-state index < -0.39 is 28.1 Å². The number of methoxy groups -OCH3 is 1. The van der Waals surface area contributed by atoms with Crippen LogP contribution in [-0.4, -0.2) is 30.0 Å². The van der Waals surface area contributed by atoms with Crippen molar-refractivity contribution in [1.82, 2.24) is 0 Å². The number of para-hydroxylation sites is 1. The maximum atomic E-state index is 13.1. The van der Waals surface area contributed by atoms with E-state index in [1.807, 2.05) is 0 Å². The van der Waals surface area contributed by atoms with Gasteiger partial charge in [-0.1, -0.05) is 31.4 Å². The van der Waals surface area contributed by atoms with Crippen molar-refractivity contribution in [2.75, 3.05) is 17.7 Å². The third-order valence-corrected chi connectivity index (χ3v) is 5.82. The molecule has 1 heterocycles. The number of carbonyl (C=O) groups excluding carboxylic acids is 2. The molecule has 1 aliphatic rings. The number of amides is 1. The van der Waals surface area contributed by atoms with Crippen molar-refractivity contribution in [2.24, 2.45) is 0 Å². The van der Waals surface area contributed by atoms with E-state index in [-0.39, 0.29) is 22.9 Å². The van der Waals surface area contributed by atoms with E-state index in [9.17, 15) is 24.5 Å². The molecule has 0 saturated heterocycles. The summed E-state index contributed by atoms with van der Waals surface area (Å²) in [4.78, 5) is 48.5. The molecule has 1 amide bonds. The van der Waals surface area contributed by atoms with Gasteiger partial charge in [0.25, 0.3) is 11.6 Å². The molecule has 2 N–H and O–H groups in total. The largest absolute Gasteiger partial charge is 0.465 e. The van der Waals surface area contributed by atoms with Gasteiger partial charge in [0, 0.05) is 29.1 Å². The van der Waals surface area contributed by atoms with E-state index in [4.69, 9.17) is 4.42 Å². The fourth-order valence-electron chi connectivity index (χ4n) is 4.13. The molecule has 0 radical (unpaired) electrons. The lowest BCUT2D eigenvalue weighted by molar-refractivity contribution is -0.384. The molecular formula is C24H23N3O7. The first-order valence-electron chi connectivity index (χ1n) is 10.9. The number of hydrogen-bond acceptors (Lipinski definition) is 8. The van der Waals surface area contributed by atoms with Gasteiger partial charge in [-0.25, -0.2) is 9.59 Å². The molecule has 0 spiro atoms. The topological polar surface area (TPSA) is 141 Å². The lowest BCUT2D eigenvalue weighted by Gasteiger charge is -2.25. The number of fused-ring (bicyclic) bond motifs is 1. The fraction of sp³-hybridized carbons (Fsp3) is 0.292. The highest BCUT2D eigenvalue weighted by atomic mass is 16.6. The number of nitro benzene ring substituents is 1. The van der Waals surface area contributed by atoms with Crippen LogP contribution in [0, 0.1) is 10.1 Å². The van der Waals surface area contributed by atoms with E-state index in [2.05, 4.69) is 15.4 Å². The molecule has 1 fully saturated rings. The van der Waals surface area contributed by atoms with Crippen LogP contribution in [0.5, 0.6) is 0 Å². The van der Waals surface area contributed by atoms with Crippen LogP contribution in [-0.2, 0) is 4.74 Å². The average molecular weight is 465 g/mol. The third-order valence-electron chi connectivity index (χ3n) is 5.82. The molecule has 10 nitrogen and oxygen atoms in total. The summed E-state index contributed by atoms with van der Waals surface area (Å²) in [6.45, 7) is 0. The summed E-state index contributed by atoms with van der Waals surface area (Å²) in [6.07, 6.45) is 5.12. The summed E-state index contributed by atoms with van der Waals surface area (Å²) in [5, 5.41) is 17.9. The molecule has 0 atom stereocenters. The Kier molecular flexibility index (Phi) is 6.58. The third kappa shape index (κ3) is 4.75. The van der Waals surface area contributed by atoms with Gasteiger partial charge in [0.05, 0.1) is 23.3 Å². The smallest absolute Gasteiger partial charge is 0.362 e. The summed E-state index contributed by atoms with van der Waals surface area (Å²) < 4.78 is 10.0. The molecule has 0 aliphatic heterocycles. The zero-order chi connectivity index (χ0) is 24.2. The minimum Gasteiger partial charge on any atom is -0.465 e. The predicted molar refractivity (Wildman–Crippen MR) is 125 cm³/mol. The zero-order valence-corrected chi connectivity index (χ0v) is 18.5. The van der Waals surface area contributed by atoms with E-state index in [1.165, 1.54) is 6.07 Å². The number of anilines is 2. The maximum Gasteiger partial charge on any atom is 0.362 e. The number of hydrogen-bond donors (Lipinski definition) is 2. The van der Waals surface area contributed by atoms with Gasteiger partial charge in [0.2, 0.25) is 0 Å². The number of non-ortho nitro benzene ring substituents is 1. The summed E-state index contributed by atoms with van der Waals surface area (Å²) in [6, 6.07) is 10.3. The van der Waals surface area contributed by atoms with Crippen molar-refractivity contribution in [1.29, 1.82) is 0 Å². The number of nitrogens with one attached hydrogen (secondary N) is 2. The first-order chi connectivity index (χ1) is 16.4. The number of rotatable bonds is 6. The van der Waals surface area contributed by atoms with Crippen molar-refractivity contribution >= 4 is 39.9 Å². The first-order valence-corrected chi connectivity index (χ1v) is 10.9. The molecule has 34 heavy (non-hydrogen) atoms. The van der Waals surface area contributed by atoms with Gasteiger partial charge in [-0.3, -0.25) is 14.9 Å². The number of nitrogens with zero attached hydrogens (tertiary/aromatic N) is 1. The number of benzene rings is 2. The Morgan fingerprint density at radius 2 is 1.76 bits per heavy atom. The molecule has 2 aromatic carbocycles.